The Balaban J connectivity index is 1.36. The van der Waals surface area contributed by atoms with Crippen LogP contribution >= 0.6 is 11.6 Å². The highest BCUT2D eigenvalue weighted by Crippen LogP contribution is 2.29. The first kappa shape index (κ1) is 19.0. The quantitative estimate of drug-likeness (QED) is 0.675. The maximum atomic E-state index is 12.8. The number of carbonyl (C=O) groups excluding carboxylic acids is 2. The number of nitrogens with one attached hydrogen (secondary N) is 1. The van der Waals surface area contributed by atoms with E-state index in [-0.39, 0.29) is 18.4 Å². The monoisotopic (exact) mass is 406 g/mol. The van der Waals surface area contributed by atoms with E-state index in [9.17, 15) is 9.59 Å². The Bertz CT molecular complexity index is 1050. The van der Waals surface area contributed by atoms with Crippen molar-refractivity contribution in [1.82, 2.24) is 0 Å². The van der Waals surface area contributed by atoms with Crippen molar-refractivity contribution >= 4 is 34.8 Å². The van der Waals surface area contributed by atoms with Crippen LogP contribution in [-0.4, -0.2) is 25.0 Å². The lowest BCUT2D eigenvalue weighted by Gasteiger charge is -2.17. The lowest BCUT2D eigenvalue weighted by molar-refractivity contribution is -0.118. The molecule has 0 spiro atoms. The van der Waals surface area contributed by atoms with Gasteiger partial charge in [-0.15, -0.1) is 0 Å². The number of hydrogen-bond acceptors (Lipinski definition) is 3. The van der Waals surface area contributed by atoms with E-state index in [0.29, 0.717) is 28.6 Å². The average Bonchev–Trinajstić information content (AvgIpc) is 3.17. The van der Waals surface area contributed by atoms with Gasteiger partial charge >= 0.3 is 0 Å². The van der Waals surface area contributed by atoms with Crippen molar-refractivity contribution in [3.05, 3.63) is 88.9 Å². The first-order valence-electron chi connectivity index (χ1n) is 9.29. The molecule has 0 saturated heterocycles. The summed E-state index contributed by atoms with van der Waals surface area (Å²) in [6, 6.07) is 21.8. The van der Waals surface area contributed by atoms with Gasteiger partial charge in [0.25, 0.3) is 11.8 Å². The molecule has 6 heteroatoms. The Hall–Kier alpha value is -3.31. The summed E-state index contributed by atoms with van der Waals surface area (Å²) in [5.41, 5.74) is 3.32. The molecule has 0 aromatic heterocycles. The summed E-state index contributed by atoms with van der Waals surface area (Å²) in [6.45, 7) is 0.519. The van der Waals surface area contributed by atoms with Gasteiger partial charge in [0.05, 0.1) is 5.02 Å². The number of carbonyl (C=O) groups is 2. The molecule has 2 amide bonds. The number of hydrogen-bond donors (Lipinski definition) is 1. The van der Waals surface area contributed by atoms with Gasteiger partial charge in [0.2, 0.25) is 0 Å². The number of nitrogens with zero attached hydrogens (tertiary/aromatic N) is 1. The van der Waals surface area contributed by atoms with E-state index >= 15 is 0 Å². The Morgan fingerprint density at radius 2 is 1.69 bits per heavy atom. The van der Waals surface area contributed by atoms with Crippen molar-refractivity contribution in [2.75, 3.05) is 23.4 Å². The Kier molecular flexibility index (Phi) is 5.49. The standard InChI is InChI=1S/C23H19ClN2O3/c24-19-6-2-4-8-21(19)29-15-22(27)25-18-11-9-17(10-12-18)23(28)26-14-13-16-5-1-3-7-20(16)26/h1-12H,13-15H2,(H,25,27). The van der Waals surface area contributed by atoms with Crippen molar-refractivity contribution in [3.8, 4) is 5.75 Å². The molecule has 1 aliphatic rings. The molecule has 3 aromatic rings. The van der Waals surface area contributed by atoms with E-state index in [1.807, 2.05) is 24.3 Å². The van der Waals surface area contributed by atoms with Gasteiger partial charge in [-0.3, -0.25) is 9.59 Å². The minimum Gasteiger partial charge on any atom is -0.482 e. The van der Waals surface area contributed by atoms with Crippen LogP contribution in [0.25, 0.3) is 0 Å². The van der Waals surface area contributed by atoms with Crippen LogP contribution in [0.2, 0.25) is 5.02 Å². The van der Waals surface area contributed by atoms with Crippen LogP contribution in [0, 0.1) is 0 Å². The minimum atomic E-state index is -0.308. The predicted octanol–water partition coefficient (Wildman–Crippen LogP) is 4.56. The van der Waals surface area contributed by atoms with Crippen LogP contribution in [-0.2, 0) is 11.2 Å². The largest absolute Gasteiger partial charge is 0.482 e. The number of benzene rings is 3. The summed E-state index contributed by atoms with van der Waals surface area (Å²) in [6.07, 6.45) is 0.863. The average molecular weight is 407 g/mol. The van der Waals surface area contributed by atoms with Crippen LogP contribution in [0.4, 0.5) is 11.4 Å². The fourth-order valence-electron chi connectivity index (χ4n) is 3.30. The second-order valence-electron chi connectivity index (χ2n) is 6.68. The fourth-order valence-corrected chi connectivity index (χ4v) is 3.49. The lowest BCUT2D eigenvalue weighted by Crippen LogP contribution is -2.28. The Morgan fingerprint density at radius 1 is 0.966 bits per heavy atom. The van der Waals surface area contributed by atoms with Gasteiger partial charge in [0.15, 0.2) is 6.61 Å². The summed E-state index contributed by atoms with van der Waals surface area (Å²) >= 11 is 6.01. The van der Waals surface area contributed by atoms with Gasteiger partial charge in [-0.05, 0) is 54.4 Å². The van der Waals surface area contributed by atoms with Crippen molar-refractivity contribution in [3.63, 3.8) is 0 Å². The summed E-state index contributed by atoms with van der Waals surface area (Å²) < 4.78 is 5.43. The summed E-state index contributed by atoms with van der Waals surface area (Å²) in [5, 5.41) is 3.20. The van der Waals surface area contributed by atoms with Crippen LogP contribution in [0.15, 0.2) is 72.8 Å². The zero-order valence-corrected chi connectivity index (χ0v) is 16.4. The highest BCUT2D eigenvalue weighted by atomic mass is 35.5. The SMILES string of the molecule is O=C(COc1ccccc1Cl)Nc1ccc(C(=O)N2CCc3ccccc32)cc1. The molecular weight excluding hydrogens is 388 g/mol. The fraction of sp³-hybridized carbons (Fsp3) is 0.130. The smallest absolute Gasteiger partial charge is 0.262 e. The van der Waals surface area contributed by atoms with Crippen LogP contribution in [0.1, 0.15) is 15.9 Å². The minimum absolute atomic E-state index is 0.0464. The molecule has 0 unspecified atom stereocenters. The number of para-hydroxylation sites is 2. The zero-order valence-electron chi connectivity index (χ0n) is 15.6. The van der Waals surface area contributed by atoms with Crippen molar-refractivity contribution in [1.29, 1.82) is 0 Å². The van der Waals surface area contributed by atoms with Crippen molar-refractivity contribution in [2.24, 2.45) is 0 Å². The molecular formula is C23H19ClN2O3. The Labute approximate surface area is 173 Å². The van der Waals surface area contributed by atoms with Gasteiger partial charge in [-0.1, -0.05) is 41.9 Å². The molecule has 4 rings (SSSR count). The summed E-state index contributed by atoms with van der Waals surface area (Å²) in [5.74, 6) is 0.100. The Morgan fingerprint density at radius 3 is 2.48 bits per heavy atom. The molecule has 0 aliphatic carbocycles. The van der Waals surface area contributed by atoms with Gasteiger partial charge < -0.3 is 15.0 Å². The second kappa shape index (κ2) is 8.37. The lowest BCUT2D eigenvalue weighted by atomic mass is 10.1. The van der Waals surface area contributed by atoms with Gasteiger partial charge in [0.1, 0.15) is 5.75 Å². The molecule has 146 valence electrons. The van der Waals surface area contributed by atoms with Gasteiger partial charge in [-0.25, -0.2) is 0 Å². The summed E-state index contributed by atoms with van der Waals surface area (Å²) in [4.78, 5) is 26.7. The maximum Gasteiger partial charge on any atom is 0.262 e. The number of rotatable bonds is 5. The number of halogens is 1. The van der Waals surface area contributed by atoms with E-state index in [0.717, 1.165) is 12.1 Å². The molecule has 1 aliphatic heterocycles. The zero-order chi connectivity index (χ0) is 20.2. The van der Waals surface area contributed by atoms with Gasteiger partial charge in [0, 0.05) is 23.5 Å². The molecule has 0 bridgehead atoms. The normalized spacial score (nSPS) is 12.4. The van der Waals surface area contributed by atoms with E-state index in [2.05, 4.69) is 5.32 Å². The van der Waals surface area contributed by atoms with Crippen molar-refractivity contribution < 1.29 is 14.3 Å². The summed E-state index contributed by atoms with van der Waals surface area (Å²) in [7, 11) is 0. The van der Waals surface area contributed by atoms with Crippen molar-refractivity contribution in [2.45, 2.75) is 6.42 Å². The highest BCUT2D eigenvalue weighted by Gasteiger charge is 2.25. The molecule has 1 N–H and O–H groups in total. The molecule has 0 atom stereocenters. The molecule has 29 heavy (non-hydrogen) atoms. The van der Waals surface area contributed by atoms with E-state index in [1.165, 1.54) is 5.56 Å². The molecule has 5 nitrogen and oxygen atoms in total. The number of fused-ring (bicyclic) bond motifs is 1. The van der Waals surface area contributed by atoms with Gasteiger partial charge in [-0.2, -0.15) is 0 Å². The number of amides is 2. The first-order chi connectivity index (χ1) is 14.1. The van der Waals surface area contributed by atoms with E-state index < -0.39 is 0 Å². The molecule has 0 radical (unpaired) electrons. The molecule has 0 saturated carbocycles. The van der Waals surface area contributed by atoms with Crippen LogP contribution < -0.4 is 15.0 Å². The molecule has 0 fully saturated rings. The van der Waals surface area contributed by atoms with Crippen LogP contribution in [0.3, 0.4) is 0 Å². The highest BCUT2D eigenvalue weighted by molar-refractivity contribution is 6.32. The molecule has 3 aromatic carbocycles. The second-order valence-corrected chi connectivity index (χ2v) is 7.09. The third-order valence-electron chi connectivity index (χ3n) is 4.74. The molecule has 1 heterocycles. The topological polar surface area (TPSA) is 58.6 Å². The first-order valence-corrected chi connectivity index (χ1v) is 9.66. The number of ether oxygens (including phenoxy) is 1. The van der Waals surface area contributed by atoms with Crippen LogP contribution in [0.5, 0.6) is 5.75 Å². The third kappa shape index (κ3) is 4.25. The predicted molar refractivity (Wildman–Crippen MR) is 114 cm³/mol. The third-order valence-corrected chi connectivity index (χ3v) is 5.06. The number of anilines is 2. The van der Waals surface area contributed by atoms with E-state index in [1.54, 1.807) is 53.4 Å². The van der Waals surface area contributed by atoms with E-state index in [4.69, 9.17) is 16.3 Å². The maximum absolute atomic E-state index is 12.8.